The molecule has 148 valence electrons. The van der Waals surface area contributed by atoms with Gasteiger partial charge in [0.15, 0.2) is 0 Å². The van der Waals surface area contributed by atoms with Gasteiger partial charge in [-0.1, -0.05) is 42.5 Å². The fourth-order valence-corrected chi connectivity index (χ4v) is 5.38. The number of carbonyl (C=O) groups is 1. The lowest BCUT2D eigenvalue weighted by molar-refractivity contribution is 0.159. The molecule has 4 rings (SSSR count). The van der Waals surface area contributed by atoms with Gasteiger partial charge in [-0.15, -0.1) is 0 Å². The molecular weight excluding hydrogens is 381 g/mol. The first kappa shape index (κ1) is 18.9. The van der Waals surface area contributed by atoms with Crippen molar-refractivity contribution in [3.8, 4) is 0 Å². The summed E-state index contributed by atoms with van der Waals surface area (Å²) in [5.74, 6) is -0.346. The van der Waals surface area contributed by atoms with Crippen LogP contribution in [0, 0.1) is 5.82 Å². The van der Waals surface area contributed by atoms with Crippen LogP contribution in [-0.2, 0) is 22.3 Å². The molecule has 2 saturated heterocycles. The minimum absolute atomic E-state index is 0.0339. The Labute approximate surface area is 164 Å². The molecule has 2 fully saturated rings. The molecule has 0 bridgehead atoms. The molecule has 0 spiro atoms. The first-order chi connectivity index (χ1) is 13.4. The van der Waals surface area contributed by atoms with E-state index in [0.29, 0.717) is 32.7 Å². The molecule has 2 aliphatic heterocycles. The van der Waals surface area contributed by atoms with Crippen molar-refractivity contribution >= 4 is 16.1 Å². The van der Waals surface area contributed by atoms with Crippen LogP contribution in [0.2, 0.25) is 0 Å². The Morgan fingerprint density at radius 1 is 0.929 bits per heavy atom. The fraction of sp³-hybridized carbons (Fsp3) is 0.350. The summed E-state index contributed by atoms with van der Waals surface area (Å²) in [5.41, 5.74) is 1.61. The van der Waals surface area contributed by atoms with Crippen molar-refractivity contribution < 1.29 is 17.6 Å². The predicted octanol–water partition coefficient (Wildman–Crippen LogP) is 2.28. The second-order valence-electron chi connectivity index (χ2n) is 7.24. The van der Waals surface area contributed by atoms with Gasteiger partial charge in [0.1, 0.15) is 5.82 Å². The number of rotatable bonds is 5. The highest BCUT2D eigenvalue weighted by Gasteiger charge is 2.42. The van der Waals surface area contributed by atoms with Gasteiger partial charge in [-0.2, -0.15) is 4.31 Å². The molecular formula is C20H22FN3O3S. The predicted molar refractivity (Wildman–Crippen MR) is 103 cm³/mol. The smallest absolute Gasteiger partial charge is 0.318 e. The van der Waals surface area contributed by atoms with Crippen LogP contribution < -0.4 is 0 Å². The summed E-state index contributed by atoms with van der Waals surface area (Å²) < 4.78 is 40.2. The number of halogens is 1. The Morgan fingerprint density at radius 3 is 2.36 bits per heavy atom. The highest BCUT2D eigenvalue weighted by molar-refractivity contribution is 7.88. The maximum atomic E-state index is 13.1. The van der Waals surface area contributed by atoms with Crippen molar-refractivity contribution in [3.05, 3.63) is 71.5 Å². The number of urea groups is 1. The molecule has 6 nitrogen and oxygen atoms in total. The van der Waals surface area contributed by atoms with E-state index in [-0.39, 0.29) is 23.6 Å². The molecule has 28 heavy (non-hydrogen) atoms. The van der Waals surface area contributed by atoms with Gasteiger partial charge >= 0.3 is 6.03 Å². The Bertz CT molecular complexity index is 950. The van der Waals surface area contributed by atoms with Gasteiger partial charge < -0.3 is 9.80 Å². The van der Waals surface area contributed by atoms with Gasteiger partial charge in [0, 0.05) is 32.7 Å². The van der Waals surface area contributed by atoms with Crippen molar-refractivity contribution in [3.63, 3.8) is 0 Å². The Morgan fingerprint density at radius 2 is 1.64 bits per heavy atom. The van der Waals surface area contributed by atoms with Crippen molar-refractivity contribution in [1.82, 2.24) is 14.1 Å². The van der Waals surface area contributed by atoms with Crippen molar-refractivity contribution in [1.29, 1.82) is 0 Å². The number of hydrogen-bond acceptors (Lipinski definition) is 3. The zero-order valence-corrected chi connectivity index (χ0v) is 16.2. The average molecular weight is 403 g/mol. The first-order valence-corrected chi connectivity index (χ1v) is 10.8. The standard InChI is InChI=1S/C20H22FN3O3S/c21-18-8-6-16(7-9-18)12-22-13-19-14-23(10-11-24(19)20(22)25)28(26,27)15-17-4-2-1-3-5-17/h1-9,19H,10-15H2/t19-/m0/s1. The fourth-order valence-electron chi connectivity index (χ4n) is 3.82. The molecule has 2 aromatic rings. The van der Waals surface area contributed by atoms with Crippen LogP contribution in [0.3, 0.4) is 0 Å². The van der Waals surface area contributed by atoms with E-state index in [1.165, 1.54) is 16.4 Å². The van der Waals surface area contributed by atoms with Crippen LogP contribution in [0.1, 0.15) is 11.1 Å². The summed E-state index contributed by atoms with van der Waals surface area (Å²) >= 11 is 0. The summed E-state index contributed by atoms with van der Waals surface area (Å²) in [6.07, 6.45) is 0. The van der Waals surface area contributed by atoms with Crippen LogP contribution in [0.25, 0.3) is 0 Å². The van der Waals surface area contributed by atoms with Crippen molar-refractivity contribution in [2.45, 2.75) is 18.3 Å². The molecule has 0 aliphatic carbocycles. The maximum absolute atomic E-state index is 13.1. The minimum atomic E-state index is -3.44. The van der Waals surface area contributed by atoms with Crippen LogP contribution in [0.5, 0.6) is 0 Å². The van der Waals surface area contributed by atoms with E-state index in [0.717, 1.165) is 11.1 Å². The third-order valence-corrected chi connectivity index (χ3v) is 7.08. The maximum Gasteiger partial charge on any atom is 0.320 e. The van der Waals surface area contributed by atoms with Gasteiger partial charge in [-0.05, 0) is 23.3 Å². The summed E-state index contributed by atoms with van der Waals surface area (Å²) in [6.45, 7) is 1.86. The van der Waals surface area contributed by atoms with E-state index in [4.69, 9.17) is 0 Å². The Hall–Kier alpha value is -2.45. The number of piperazine rings is 1. The number of sulfonamides is 1. The molecule has 2 aromatic carbocycles. The van der Waals surface area contributed by atoms with E-state index in [1.807, 2.05) is 18.2 Å². The molecule has 0 saturated carbocycles. The summed E-state index contributed by atoms with van der Waals surface area (Å²) in [5, 5.41) is 0. The average Bonchev–Trinajstić information content (AvgIpc) is 2.99. The van der Waals surface area contributed by atoms with Gasteiger partial charge in [-0.25, -0.2) is 17.6 Å². The highest BCUT2D eigenvalue weighted by atomic mass is 32.2. The zero-order chi connectivity index (χ0) is 19.7. The van der Waals surface area contributed by atoms with Gasteiger partial charge in [0.2, 0.25) is 10.0 Å². The number of amides is 2. The van der Waals surface area contributed by atoms with E-state index < -0.39 is 10.0 Å². The van der Waals surface area contributed by atoms with Gasteiger partial charge in [0.05, 0.1) is 11.8 Å². The molecule has 1 atom stereocenters. The lowest BCUT2D eigenvalue weighted by atomic mass is 10.2. The highest BCUT2D eigenvalue weighted by Crippen LogP contribution is 2.25. The number of benzene rings is 2. The third kappa shape index (κ3) is 3.88. The van der Waals surface area contributed by atoms with Crippen LogP contribution in [-0.4, -0.2) is 60.8 Å². The SMILES string of the molecule is O=C1N(Cc2ccc(F)cc2)C[C@H]2CN(S(=O)(=O)Cc3ccccc3)CCN12. The van der Waals surface area contributed by atoms with E-state index in [1.54, 1.807) is 34.1 Å². The lowest BCUT2D eigenvalue weighted by Crippen LogP contribution is -2.53. The topological polar surface area (TPSA) is 60.9 Å². The van der Waals surface area contributed by atoms with Crippen LogP contribution in [0.15, 0.2) is 54.6 Å². The molecule has 0 unspecified atom stereocenters. The molecule has 8 heteroatoms. The molecule has 2 heterocycles. The van der Waals surface area contributed by atoms with E-state index in [9.17, 15) is 17.6 Å². The Balaban J connectivity index is 1.42. The normalized spacial score (nSPS) is 20.5. The molecule has 0 N–H and O–H groups in total. The minimum Gasteiger partial charge on any atom is -0.318 e. The molecule has 0 radical (unpaired) electrons. The van der Waals surface area contributed by atoms with Crippen LogP contribution in [0.4, 0.5) is 9.18 Å². The van der Waals surface area contributed by atoms with Gasteiger partial charge in [-0.3, -0.25) is 0 Å². The summed E-state index contributed by atoms with van der Waals surface area (Å²) in [4.78, 5) is 16.1. The monoisotopic (exact) mass is 403 g/mol. The number of carbonyl (C=O) groups excluding carboxylic acids is 1. The van der Waals surface area contributed by atoms with Gasteiger partial charge in [0.25, 0.3) is 0 Å². The Kier molecular flexibility index (Phi) is 5.07. The third-order valence-electron chi connectivity index (χ3n) is 5.26. The second kappa shape index (κ2) is 7.52. The van der Waals surface area contributed by atoms with E-state index >= 15 is 0 Å². The second-order valence-corrected chi connectivity index (χ2v) is 9.21. The first-order valence-electron chi connectivity index (χ1n) is 9.24. The summed E-state index contributed by atoms with van der Waals surface area (Å²) in [7, 11) is -3.44. The molecule has 2 amide bonds. The number of nitrogens with zero attached hydrogens (tertiary/aromatic N) is 3. The largest absolute Gasteiger partial charge is 0.320 e. The lowest BCUT2D eigenvalue weighted by Gasteiger charge is -2.35. The summed E-state index contributed by atoms with van der Waals surface area (Å²) in [6, 6.07) is 14.9. The van der Waals surface area contributed by atoms with E-state index in [2.05, 4.69) is 0 Å². The molecule has 2 aliphatic rings. The van der Waals surface area contributed by atoms with Crippen LogP contribution >= 0.6 is 0 Å². The quantitative estimate of drug-likeness (QED) is 0.770. The van der Waals surface area contributed by atoms with Crippen molar-refractivity contribution in [2.24, 2.45) is 0 Å². The number of fused-ring (bicyclic) bond motifs is 1. The van der Waals surface area contributed by atoms with Crippen molar-refractivity contribution in [2.75, 3.05) is 26.2 Å². The number of hydrogen-bond donors (Lipinski definition) is 0. The zero-order valence-electron chi connectivity index (χ0n) is 15.4. The molecule has 0 aromatic heterocycles.